The van der Waals surface area contributed by atoms with Crippen molar-refractivity contribution in [1.29, 1.82) is 0 Å². The van der Waals surface area contributed by atoms with Gasteiger partial charge in [-0.05, 0) is 29.8 Å². The standard InChI is InChI=1S/C16H15N3O/c20-14-7-5-12(6-8-14)9-17-10-13-11-18-15-3-1-2-4-16(15)19-13/h1-8,11,17,20H,9-10H2. The Balaban J connectivity index is 1.63. The average Bonchev–Trinajstić information content (AvgIpc) is 2.49. The highest BCUT2D eigenvalue weighted by atomic mass is 16.3. The lowest BCUT2D eigenvalue weighted by molar-refractivity contribution is 0.475. The normalized spacial score (nSPS) is 10.8. The van der Waals surface area contributed by atoms with Gasteiger partial charge in [0.15, 0.2) is 0 Å². The van der Waals surface area contributed by atoms with E-state index in [1.807, 2.05) is 36.4 Å². The molecule has 100 valence electrons. The predicted octanol–water partition coefficient (Wildman–Crippen LogP) is 2.63. The quantitative estimate of drug-likeness (QED) is 0.761. The molecule has 0 saturated carbocycles. The second-order valence-electron chi connectivity index (χ2n) is 4.62. The van der Waals surface area contributed by atoms with Gasteiger partial charge in [0.25, 0.3) is 0 Å². The largest absolute Gasteiger partial charge is 0.508 e. The molecule has 0 aliphatic carbocycles. The van der Waals surface area contributed by atoms with E-state index in [1.165, 1.54) is 0 Å². The van der Waals surface area contributed by atoms with Gasteiger partial charge in [0, 0.05) is 13.1 Å². The molecule has 0 radical (unpaired) electrons. The van der Waals surface area contributed by atoms with E-state index in [4.69, 9.17) is 0 Å². The van der Waals surface area contributed by atoms with Crippen LogP contribution in [0.2, 0.25) is 0 Å². The molecule has 3 aromatic rings. The number of benzene rings is 2. The highest BCUT2D eigenvalue weighted by molar-refractivity contribution is 5.73. The van der Waals surface area contributed by atoms with Crippen LogP contribution in [0.5, 0.6) is 5.75 Å². The van der Waals surface area contributed by atoms with Crippen molar-refractivity contribution in [3.63, 3.8) is 0 Å². The first-order chi connectivity index (χ1) is 9.81. The Morgan fingerprint density at radius 1 is 0.900 bits per heavy atom. The molecule has 0 aliphatic rings. The number of aromatic hydroxyl groups is 1. The fourth-order valence-corrected chi connectivity index (χ4v) is 2.03. The summed E-state index contributed by atoms with van der Waals surface area (Å²) in [7, 11) is 0. The van der Waals surface area contributed by atoms with Gasteiger partial charge >= 0.3 is 0 Å². The van der Waals surface area contributed by atoms with Crippen molar-refractivity contribution in [2.75, 3.05) is 0 Å². The Morgan fingerprint density at radius 3 is 2.45 bits per heavy atom. The number of fused-ring (bicyclic) bond motifs is 1. The monoisotopic (exact) mass is 265 g/mol. The number of nitrogens with one attached hydrogen (secondary N) is 1. The van der Waals surface area contributed by atoms with E-state index in [0.29, 0.717) is 6.54 Å². The fourth-order valence-electron chi connectivity index (χ4n) is 2.03. The van der Waals surface area contributed by atoms with Crippen LogP contribution in [0.4, 0.5) is 0 Å². The molecule has 0 spiro atoms. The first kappa shape index (κ1) is 12.6. The zero-order chi connectivity index (χ0) is 13.8. The number of hydrogen-bond donors (Lipinski definition) is 2. The van der Waals surface area contributed by atoms with Crippen molar-refractivity contribution in [2.45, 2.75) is 13.1 Å². The number of aromatic nitrogens is 2. The van der Waals surface area contributed by atoms with Gasteiger partial charge in [-0.1, -0.05) is 24.3 Å². The first-order valence-electron chi connectivity index (χ1n) is 6.50. The molecule has 0 bridgehead atoms. The van der Waals surface area contributed by atoms with Crippen LogP contribution in [-0.4, -0.2) is 15.1 Å². The van der Waals surface area contributed by atoms with E-state index in [2.05, 4.69) is 15.3 Å². The van der Waals surface area contributed by atoms with Crippen LogP contribution < -0.4 is 5.32 Å². The SMILES string of the molecule is Oc1ccc(CNCc2cnc3ccccc3n2)cc1. The molecule has 0 atom stereocenters. The van der Waals surface area contributed by atoms with Gasteiger partial charge in [-0.15, -0.1) is 0 Å². The van der Waals surface area contributed by atoms with Crippen molar-refractivity contribution in [3.05, 3.63) is 66.0 Å². The Hall–Kier alpha value is -2.46. The molecule has 0 aliphatic heterocycles. The smallest absolute Gasteiger partial charge is 0.115 e. The average molecular weight is 265 g/mol. The van der Waals surface area contributed by atoms with Crippen LogP contribution in [0, 0.1) is 0 Å². The Bertz CT molecular complexity index is 710. The summed E-state index contributed by atoms with van der Waals surface area (Å²) in [5.74, 6) is 0.286. The molecular weight excluding hydrogens is 250 g/mol. The third kappa shape index (κ3) is 2.92. The van der Waals surface area contributed by atoms with Crippen molar-refractivity contribution >= 4 is 11.0 Å². The topological polar surface area (TPSA) is 58.0 Å². The Kier molecular flexibility index (Phi) is 3.56. The van der Waals surface area contributed by atoms with E-state index in [0.717, 1.165) is 28.8 Å². The van der Waals surface area contributed by atoms with Gasteiger partial charge < -0.3 is 10.4 Å². The fraction of sp³-hybridized carbons (Fsp3) is 0.125. The second kappa shape index (κ2) is 5.67. The van der Waals surface area contributed by atoms with Crippen LogP contribution in [0.15, 0.2) is 54.7 Å². The predicted molar refractivity (Wildman–Crippen MR) is 78.2 cm³/mol. The van der Waals surface area contributed by atoms with Gasteiger partial charge in [-0.3, -0.25) is 4.98 Å². The van der Waals surface area contributed by atoms with E-state index in [1.54, 1.807) is 18.3 Å². The number of para-hydroxylation sites is 2. The van der Waals surface area contributed by atoms with Gasteiger partial charge in [0.2, 0.25) is 0 Å². The Morgan fingerprint density at radius 2 is 1.65 bits per heavy atom. The summed E-state index contributed by atoms with van der Waals surface area (Å²) < 4.78 is 0. The van der Waals surface area contributed by atoms with E-state index in [9.17, 15) is 5.11 Å². The molecule has 4 heteroatoms. The lowest BCUT2D eigenvalue weighted by atomic mass is 10.2. The lowest BCUT2D eigenvalue weighted by Crippen LogP contribution is -2.13. The van der Waals surface area contributed by atoms with Crippen molar-refractivity contribution in [3.8, 4) is 5.75 Å². The van der Waals surface area contributed by atoms with E-state index < -0.39 is 0 Å². The second-order valence-corrected chi connectivity index (χ2v) is 4.62. The Labute approximate surface area is 117 Å². The van der Waals surface area contributed by atoms with Gasteiger partial charge in [-0.2, -0.15) is 0 Å². The third-order valence-corrected chi connectivity index (χ3v) is 3.07. The molecule has 0 unspecified atom stereocenters. The lowest BCUT2D eigenvalue weighted by Gasteiger charge is -2.05. The van der Waals surface area contributed by atoms with Crippen LogP contribution in [0.1, 0.15) is 11.3 Å². The van der Waals surface area contributed by atoms with Gasteiger partial charge in [-0.25, -0.2) is 4.98 Å². The van der Waals surface area contributed by atoms with Gasteiger partial charge in [0.1, 0.15) is 5.75 Å². The third-order valence-electron chi connectivity index (χ3n) is 3.07. The number of rotatable bonds is 4. The van der Waals surface area contributed by atoms with Gasteiger partial charge in [0.05, 0.1) is 22.9 Å². The molecule has 3 rings (SSSR count). The number of hydrogen-bond acceptors (Lipinski definition) is 4. The van der Waals surface area contributed by atoms with E-state index >= 15 is 0 Å². The maximum atomic E-state index is 9.22. The summed E-state index contributed by atoms with van der Waals surface area (Å²) in [6, 6.07) is 15.0. The molecule has 2 aromatic carbocycles. The molecule has 0 saturated heterocycles. The van der Waals surface area contributed by atoms with Crippen molar-refractivity contribution in [1.82, 2.24) is 15.3 Å². The molecule has 1 aromatic heterocycles. The highest BCUT2D eigenvalue weighted by Gasteiger charge is 1.99. The van der Waals surface area contributed by atoms with Crippen LogP contribution >= 0.6 is 0 Å². The minimum atomic E-state index is 0.286. The van der Waals surface area contributed by atoms with Crippen molar-refractivity contribution in [2.24, 2.45) is 0 Å². The number of phenolic OH excluding ortho intramolecular Hbond substituents is 1. The molecule has 20 heavy (non-hydrogen) atoms. The molecule has 1 heterocycles. The molecule has 0 fully saturated rings. The maximum Gasteiger partial charge on any atom is 0.115 e. The first-order valence-corrected chi connectivity index (χ1v) is 6.50. The molecule has 2 N–H and O–H groups in total. The zero-order valence-electron chi connectivity index (χ0n) is 11.0. The zero-order valence-corrected chi connectivity index (χ0v) is 11.0. The number of nitrogens with zero attached hydrogens (tertiary/aromatic N) is 2. The summed E-state index contributed by atoms with van der Waals surface area (Å²) >= 11 is 0. The highest BCUT2D eigenvalue weighted by Crippen LogP contribution is 2.10. The summed E-state index contributed by atoms with van der Waals surface area (Å²) in [5.41, 5.74) is 3.87. The maximum absolute atomic E-state index is 9.22. The van der Waals surface area contributed by atoms with Crippen LogP contribution in [0.3, 0.4) is 0 Å². The summed E-state index contributed by atoms with van der Waals surface area (Å²) in [6.07, 6.45) is 1.80. The molecule has 0 amide bonds. The summed E-state index contributed by atoms with van der Waals surface area (Å²) in [6.45, 7) is 1.40. The van der Waals surface area contributed by atoms with Crippen LogP contribution in [-0.2, 0) is 13.1 Å². The summed E-state index contributed by atoms with van der Waals surface area (Å²) in [5, 5.41) is 12.5. The minimum absolute atomic E-state index is 0.286. The van der Waals surface area contributed by atoms with Crippen molar-refractivity contribution < 1.29 is 5.11 Å². The minimum Gasteiger partial charge on any atom is -0.508 e. The summed E-state index contributed by atoms with van der Waals surface area (Å²) in [4.78, 5) is 8.94. The number of phenols is 1. The molecular formula is C16H15N3O. The van der Waals surface area contributed by atoms with E-state index in [-0.39, 0.29) is 5.75 Å². The molecule has 4 nitrogen and oxygen atoms in total. The van der Waals surface area contributed by atoms with Crippen LogP contribution in [0.25, 0.3) is 11.0 Å².